The normalized spacial score (nSPS) is 16.9. The Balaban J connectivity index is 1.62. The number of ether oxygens (including phenoxy) is 3. The third kappa shape index (κ3) is 3.16. The lowest BCUT2D eigenvalue weighted by atomic mass is 10.2. The smallest absolute Gasteiger partial charge is 0.161 e. The highest BCUT2D eigenvalue weighted by molar-refractivity contribution is 5.83. The van der Waals surface area contributed by atoms with Crippen LogP contribution in [-0.2, 0) is 0 Å². The van der Waals surface area contributed by atoms with Crippen molar-refractivity contribution in [3.8, 4) is 17.2 Å². The molecule has 4 nitrogen and oxygen atoms in total. The van der Waals surface area contributed by atoms with Crippen LogP contribution in [0.25, 0.3) is 0 Å². The lowest BCUT2D eigenvalue weighted by Crippen LogP contribution is -2.31. The molecule has 0 amide bonds. The second-order valence-corrected chi connectivity index (χ2v) is 4.73. The van der Waals surface area contributed by atoms with Crippen LogP contribution in [0, 0.1) is 0 Å². The summed E-state index contributed by atoms with van der Waals surface area (Å²) in [5, 5.41) is 0. The first-order valence-corrected chi connectivity index (χ1v) is 6.88. The fourth-order valence-electron chi connectivity index (χ4n) is 2.19. The van der Waals surface area contributed by atoms with E-state index < -0.39 is 0 Å². The van der Waals surface area contributed by atoms with Gasteiger partial charge in [-0.25, -0.2) is 0 Å². The van der Waals surface area contributed by atoms with Gasteiger partial charge >= 0.3 is 0 Å². The van der Waals surface area contributed by atoms with Crippen LogP contribution in [0.2, 0.25) is 0 Å². The molecule has 21 heavy (non-hydrogen) atoms. The number of benzene rings is 2. The molecule has 1 aliphatic rings. The number of fused-ring (bicyclic) bond motifs is 1. The van der Waals surface area contributed by atoms with Crippen molar-refractivity contribution in [2.75, 3.05) is 20.3 Å². The van der Waals surface area contributed by atoms with E-state index in [1.807, 2.05) is 54.7 Å². The maximum atomic E-state index is 5.86. The molecule has 0 radical (unpaired) electrons. The molecule has 0 fully saturated rings. The molecule has 0 bridgehead atoms. The van der Waals surface area contributed by atoms with Gasteiger partial charge in [0, 0.05) is 11.8 Å². The van der Waals surface area contributed by atoms with Crippen LogP contribution in [0.15, 0.2) is 53.5 Å². The first-order chi connectivity index (χ1) is 10.4. The number of methoxy groups -OCH3 is 1. The molecule has 1 aliphatic heterocycles. The van der Waals surface area contributed by atoms with Crippen molar-refractivity contribution in [3.05, 3.63) is 54.1 Å². The monoisotopic (exact) mass is 283 g/mol. The van der Waals surface area contributed by atoms with Crippen LogP contribution in [0.4, 0.5) is 0 Å². The van der Waals surface area contributed by atoms with E-state index >= 15 is 0 Å². The highest BCUT2D eigenvalue weighted by Crippen LogP contribution is 2.30. The van der Waals surface area contributed by atoms with Crippen molar-refractivity contribution < 1.29 is 14.2 Å². The lowest BCUT2D eigenvalue weighted by molar-refractivity contribution is 0.0973. The van der Waals surface area contributed by atoms with Gasteiger partial charge in [0.15, 0.2) is 17.6 Å². The highest BCUT2D eigenvalue weighted by atomic mass is 16.6. The molecule has 0 saturated carbocycles. The maximum Gasteiger partial charge on any atom is 0.161 e. The summed E-state index contributed by atoms with van der Waals surface area (Å²) in [5.74, 6) is 2.39. The standard InChI is InChI=1S/C17H17NO3/c1-19-15-7-3-2-6-13(15)10-18-11-14-12-20-16-8-4-5-9-17(16)21-14/h2-10,14H,11-12H2,1H3. The van der Waals surface area contributed by atoms with Crippen molar-refractivity contribution in [2.45, 2.75) is 6.10 Å². The van der Waals surface area contributed by atoms with Crippen LogP contribution in [0.3, 0.4) is 0 Å². The SMILES string of the molecule is COc1ccccc1C=NCC1COc2ccccc2O1. The predicted molar refractivity (Wildman–Crippen MR) is 81.8 cm³/mol. The lowest BCUT2D eigenvalue weighted by Gasteiger charge is -2.25. The molecule has 0 saturated heterocycles. The van der Waals surface area contributed by atoms with E-state index in [4.69, 9.17) is 14.2 Å². The minimum Gasteiger partial charge on any atom is -0.496 e. The van der Waals surface area contributed by atoms with Gasteiger partial charge in [-0.15, -0.1) is 0 Å². The van der Waals surface area contributed by atoms with E-state index in [1.165, 1.54) is 0 Å². The van der Waals surface area contributed by atoms with Crippen LogP contribution in [-0.4, -0.2) is 32.6 Å². The molecular weight excluding hydrogens is 266 g/mol. The Labute approximate surface area is 124 Å². The first kappa shape index (κ1) is 13.5. The van der Waals surface area contributed by atoms with Crippen molar-refractivity contribution in [2.24, 2.45) is 4.99 Å². The third-order valence-corrected chi connectivity index (χ3v) is 3.25. The van der Waals surface area contributed by atoms with Gasteiger partial charge in [-0.3, -0.25) is 4.99 Å². The van der Waals surface area contributed by atoms with Crippen molar-refractivity contribution >= 4 is 6.21 Å². The maximum absolute atomic E-state index is 5.86. The Kier molecular flexibility index (Phi) is 4.05. The number of hydrogen-bond acceptors (Lipinski definition) is 4. The Morgan fingerprint density at radius 2 is 1.90 bits per heavy atom. The molecule has 0 N–H and O–H groups in total. The molecule has 0 aromatic heterocycles. The van der Waals surface area contributed by atoms with Gasteiger partial charge in [-0.2, -0.15) is 0 Å². The first-order valence-electron chi connectivity index (χ1n) is 6.88. The van der Waals surface area contributed by atoms with Gasteiger partial charge in [0.1, 0.15) is 12.4 Å². The van der Waals surface area contributed by atoms with E-state index in [-0.39, 0.29) is 6.10 Å². The van der Waals surface area contributed by atoms with Crippen molar-refractivity contribution in [1.82, 2.24) is 0 Å². The Hall–Kier alpha value is -2.49. The molecule has 0 aliphatic carbocycles. The summed E-state index contributed by atoms with van der Waals surface area (Å²) < 4.78 is 16.8. The molecule has 4 heteroatoms. The number of nitrogens with zero attached hydrogens (tertiary/aromatic N) is 1. The minimum atomic E-state index is -0.0640. The minimum absolute atomic E-state index is 0.0640. The fraction of sp³-hybridized carbons (Fsp3) is 0.235. The molecule has 3 rings (SSSR count). The van der Waals surface area contributed by atoms with E-state index in [2.05, 4.69) is 4.99 Å². The van der Waals surface area contributed by atoms with Crippen LogP contribution < -0.4 is 14.2 Å². The molecule has 0 spiro atoms. The largest absolute Gasteiger partial charge is 0.496 e. The molecule has 1 atom stereocenters. The Morgan fingerprint density at radius 1 is 1.14 bits per heavy atom. The summed E-state index contributed by atoms with van der Waals surface area (Å²) >= 11 is 0. The quantitative estimate of drug-likeness (QED) is 0.810. The van der Waals surface area contributed by atoms with Crippen molar-refractivity contribution in [3.63, 3.8) is 0 Å². The number of rotatable bonds is 4. The topological polar surface area (TPSA) is 40.0 Å². The van der Waals surface area contributed by atoms with Gasteiger partial charge in [0.2, 0.25) is 0 Å². The average Bonchev–Trinajstić information content (AvgIpc) is 2.55. The molecule has 1 heterocycles. The van der Waals surface area contributed by atoms with Gasteiger partial charge in [0.25, 0.3) is 0 Å². The van der Waals surface area contributed by atoms with Crippen LogP contribution in [0.5, 0.6) is 17.2 Å². The molecular formula is C17H17NO3. The Bertz CT molecular complexity index is 639. The van der Waals surface area contributed by atoms with E-state index in [0.717, 1.165) is 22.8 Å². The highest BCUT2D eigenvalue weighted by Gasteiger charge is 2.19. The number of para-hydroxylation sites is 3. The molecule has 2 aromatic carbocycles. The average molecular weight is 283 g/mol. The Morgan fingerprint density at radius 3 is 2.76 bits per heavy atom. The third-order valence-electron chi connectivity index (χ3n) is 3.25. The fourth-order valence-corrected chi connectivity index (χ4v) is 2.19. The summed E-state index contributed by atoms with van der Waals surface area (Å²) in [7, 11) is 1.65. The van der Waals surface area contributed by atoms with Gasteiger partial charge in [-0.05, 0) is 24.3 Å². The van der Waals surface area contributed by atoms with Gasteiger partial charge in [0.05, 0.1) is 13.7 Å². The second kappa shape index (κ2) is 6.31. The summed E-state index contributed by atoms with van der Waals surface area (Å²) in [6, 6.07) is 15.5. The zero-order valence-electron chi connectivity index (χ0n) is 11.9. The predicted octanol–water partition coefficient (Wildman–Crippen LogP) is 2.95. The molecule has 108 valence electrons. The zero-order valence-corrected chi connectivity index (χ0v) is 11.9. The zero-order chi connectivity index (χ0) is 14.5. The van der Waals surface area contributed by atoms with E-state index in [0.29, 0.717) is 13.2 Å². The number of hydrogen-bond donors (Lipinski definition) is 0. The molecule has 1 unspecified atom stereocenters. The summed E-state index contributed by atoms with van der Waals surface area (Å²) in [4.78, 5) is 4.44. The van der Waals surface area contributed by atoms with Gasteiger partial charge < -0.3 is 14.2 Å². The van der Waals surface area contributed by atoms with Gasteiger partial charge in [-0.1, -0.05) is 24.3 Å². The van der Waals surface area contributed by atoms with Crippen LogP contribution >= 0.6 is 0 Å². The molecule has 2 aromatic rings. The van der Waals surface area contributed by atoms with E-state index in [1.54, 1.807) is 7.11 Å². The summed E-state index contributed by atoms with van der Waals surface area (Å²) in [6.07, 6.45) is 1.74. The summed E-state index contributed by atoms with van der Waals surface area (Å²) in [5.41, 5.74) is 0.956. The van der Waals surface area contributed by atoms with Crippen LogP contribution in [0.1, 0.15) is 5.56 Å². The second-order valence-electron chi connectivity index (χ2n) is 4.73. The van der Waals surface area contributed by atoms with E-state index in [9.17, 15) is 0 Å². The summed E-state index contributed by atoms with van der Waals surface area (Å²) in [6.45, 7) is 1.06. The number of aliphatic imine (C=N–C) groups is 1. The van der Waals surface area contributed by atoms with Crippen molar-refractivity contribution in [1.29, 1.82) is 0 Å².